The fourth-order valence-electron chi connectivity index (χ4n) is 5.51. The highest BCUT2D eigenvalue weighted by atomic mass is 35.5. The van der Waals surface area contributed by atoms with E-state index in [1.807, 2.05) is 11.4 Å². The SMILES string of the molecule is O=C(NOCc1cc(CO)cs1)[C@@H]1c2ccccc2C(=O)N([C@H]2CCCC[C@@H]2O)[C@H]1c1ccc(Cl)cc1Cl. The summed E-state index contributed by atoms with van der Waals surface area (Å²) in [5.41, 5.74) is 4.91. The number of aliphatic hydroxyl groups is 2. The lowest BCUT2D eigenvalue weighted by Crippen LogP contribution is -2.55. The zero-order valence-electron chi connectivity index (χ0n) is 20.5. The molecule has 200 valence electrons. The third-order valence-electron chi connectivity index (χ3n) is 7.27. The third-order valence-corrected chi connectivity index (χ3v) is 8.79. The van der Waals surface area contributed by atoms with Crippen molar-refractivity contribution in [3.63, 3.8) is 0 Å². The normalized spacial score (nSPS) is 23.3. The second-order valence-corrected chi connectivity index (χ2v) is 11.5. The first-order valence-electron chi connectivity index (χ1n) is 12.5. The second kappa shape index (κ2) is 11.7. The largest absolute Gasteiger partial charge is 0.392 e. The minimum atomic E-state index is -0.854. The van der Waals surface area contributed by atoms with Crippen LogP contribution < -0.4 is 5.48 Å². The van der Waals surface area contributed by atoms with Crippen LogP contribution >= 0.6 is 34.5 Å². The summed E-state index contributed by atoms with van der Waals surface area (Å²) in [5, 5.41) is 22.9. The maximum atomic E-state index is 14.0. The van der Waals surface area contributed by atoms with Gasteiger partial charge in [-0.05, 0) is 59.2 Å². The van der Waals surface area contributed by atoms with E-state index >= 15 is 0 Å². The number of hydroxylamine groups is 1. The molecule has 1 saturated carbocycles. The molecule has 2 amide bonds. The van der Waals surface area contributed by atoms with Gasteiger partial charge < -0.3 is 15.1 Å². The average Bonchev–Trinajstić information content (AvgIpc) is 3.37. The molecule has 0 spiro atoms. The van der Waals surface area contributed by atoms with Gasteiger partial charge in [-0.25, -0.2) is 5.48 Å². The molecular weight excluding hydrogens is 547 g/mol. The van der Waals surface area contributed by atoms with Gasteiger partial charge in [-0.1, -0.05) is 60.3 Å². The Hall–Kier alpha value is -2.46. The molecule has 4 atom stereocenters. The number of nitrogens with zero attached hydrogens (tertiary/aromatic N) is 1. The molecule has 1 aliphatic heterocycles. The van der Waals surface area contributed by atoms with Gasteiger partial charge in [-0.3, -0.25) is 14.4 Å². The van der Waals surface area contributed by atoms with Crippen LogP contribution in [-0.2, 0) is 22.8 Å². The Morgan fingerprint density at radius 1 is 1.11 bits per heavy atom. The van der Waals surface area contributed by atoms with Crippen molar-refractivity contribution in [2.45, 2.75) is 63.0 Å². The topological polar surface area (TPSA) is 99.1 Å². The number of amides is 2. The predicted octanol–water partition coefficient (Wildman–Crippen LogP) is 5.38. The summed E-state index contributed by atoms with van der Waals surface area (Å²) in [7, 11) is 0. The monoisotopic (exact) mass is 574 g/mol. The molecule has 0 saturated heterocycles. The number of hydrogen-bond donors (Lipinski definition) is 3. The molecule has 1 aromatic heterocycles. The quantitative estimate of drug-likeness (QED) is 0.329. The number of nitrogens with one attached hydrogen (secondary N) is 1. The minimum Gasteiger partial charge on any atom is -0.392 e. The highest BCUT2D eigenvalue weighted by Gasteiger charge is 2.49. The minimum absolute atomic E-state index is 0.0673. The van der Waals surface area contributed by atoms with Crippen molar-refractivity contribution in [3.05, 3.63) is 91.1 Å². The number of hydrogen-bond acceptors (Lipinski definition) is 6. The van der Waals surface area contributed by atoms with Crippen LogP contribution in [-0.4, -0.2) is 39.1 Å². The fourth-order valence-corrected chi connectivity index (χ4v) is 6.83. The van der Waals surface area contributed by atoms with Gasteiger partial charge in [0.25, 0.3) is 11.8 Å². The van der Waals surface area contributed by atoms with Crippen molar-refractivity contribution in [1.29, 1.82) is 0 Å². The molecule has 2 aromatic carbocycles. The molecule has 3 N–H and O–H groups in total. The molecular formula is C28H28Cl2N2O5S. The first-order valence-corrected chi connectivity index (χ1v) is 14.2. The Labute approximate surface area is 234 Å². The molecule has 1 aliphatic carbocycles. The van der Waals surface area contributed by atoms with Crippen LogP contribution in [0.1, 0.15) is 69.6 Å². The molecule has 0 radical (unpaired) electrons. The summed E-state index contributed by atoms with van der Waals surface area (Å²) >= 11 is 14.3. The number of aliphatic hydroxyl groups excluding tert-OH is 2. The molecule has 5 rings (SSSR count). The smallest absolute Gasteiger partial charge is 0.255 e. The molecule has 2 aliphatic rings. The number of carbonyl (C=O) groups is 2. The van der Waals surface area contributed by atoms with Crippen molar-refractivity contribution < 1.29 is 24.6 Å². The van der Waals surface area contributed by atoms with Gasteiger partial charge in [0.2, 0.25) is 0 Å². The second-order valence-electron chi connectivity index (χ2n) is 9.64. The molecule has 10 heteroatoms. The lowest BCUT2D eigenvalue weighted by Gasteiger charge is -2.48. The van der Waals surface area contributed by atoms with Gasteiger partial charge in [-0.15, -0.1) is 11.3 Å². The highest BCUT2D eigenvalue weighted by Crippen LogP contribution is 2.47. The summed E-state index contributed by atoms with van der Waals surface area (Å²) < 4.78 is 0. The van der Waals surface area contributed by atoms with E-state index in [9.17, 15) is 19.8 Å². The van der Waals surface area contributed by atoms with Gasteiger partial charge in [-0.2, -0.15) is 0 Å². The van der Waals surface area contributed by atoms with Crippen LogP contribution in [0.25, 0.3) is 0 Å². The van der Waals surface area contributed by atoms with Crippen LogP contribution in [0.5, 0.6) is 0 Å². The van der Waals surface area contributed by atoms with Crippen molar-refractivity contribution >= 4 is 46.4 Å². The van der Waals surface area contributed by atoms with Gasteiger partial charge >= 0.3 is 0 Å². The van der Waals surface area contributed by atoms with Crippen molar-refractivity contribution in [2.75, 3.05) is 0 Å². The van der Waals surface area contributed by atoms with Crippen LogP contribution in [0.2, 0.25) is 10.0 Å². The molecule has 38 heavy (non-hydrogen) atoms. The Morgan fingerprint density at radius 3 is 2.63 bits per heavy atom. The molecule has 1 fully saturated rings. The van der Waals surface area contributed by atoms with E-state index in [1.54, 1.807) is 47.4 Å². The van der Waals surface area contributed by atoms with E-state index < -0.39 is 30.0 Å². The Kier molecular flexibility index (Phi) is 8.38. The van der Waals surface area contributed by atoms with E-state index in [2.05, 4.69) is 5.48 Å². The fraction of sp³-hybridized carbons (Fsp3) is 0.357. The molecule has 2 heterocycles. The first-order chi connectivity index (χ1) is 18.4. The summed E-state index contributed by atoms with van der Waals surface area (Å²) in [5.74, 6) is -1.54. The lowest BCUT2D eigenvalue weighted by molar-refractivity contribution is -0.138. The summed E-state index contributed by atoms with van der Waals surface area (Å²) in [4.78, 5) is 35.9. The van der Waals surface area contributed by atoms with Crippen molar-refractivity contribution in [2.24, 2.45) is 0 Å². The van der Waals surface area contributed by atoms with E-state index in [0.717, 1.165) is 23.3 Å². The zero-order valence-corrected chi connectivity index (χ0v) is 22.8. The van der Waals surface area contributed by atoms with Crippen LogP contribution in [0.4, 0.5) is 0 Å². The van der Waals surface area contributed by atoms with Gasteiger partial charge in [0.05, 0.1) is 30.7 Å². The number of carbonyl (C=O) groups excluding carboxylic acids is 2. The van der Waals surface area contributed by atoms with E-state index in [1.165, 1.54) is 11.3 Å². The maximum Gasteiger partial charge on any atom is 0.255 e. The molecule has 0 unspecified atom stereocenters. The zero-order chi connectivity index (χ0) is 26.8. The highest BCUT2D eigenvalue weighted by molar-refractivity contribution is 7.10. The van der Waals surface area contributed by atoms with Crippen LogP contribution in [0.15, 0.2) is 53.9 Å². The number of halogens is 2. The van der Waals surface area contributed by atoms with E-state index in [4.69, 9.17) is 28.0 Å². The summed E-state index contributed by atoms with van der Waals surface area (Å²) in [6.07, 6.45) is 2.22. The number of benzene rings is 2. The summed E-state index contributed by atoms with van der Waals surface area (Å²) in [6, 6.07) is 12.6. The number of rotatable bonds is 7. The Balaban J connectivity index is 1.55. The van der Waals surface area contributed by atoms with Crippen molar-refractivity contribution in [1.82, 2.24) is 10.4 Å². The Bertz CT molecular complexity index is 1330. The predicted molar refractivity (Wildman–Crippen MR) is 146 cm³/mol. The molecule has 0 bridgehead atoms. The average molecular weight is 576 g/mol. The molecule has 7 nitrogen and oxygen atoms in total. The lowest BCUT2D eigenvalue weighted by atomic mass is 9.77. The van der Waals surface area contributed by atoms with Crippen LogP contribution in [0, 0.1) is 0 Å². The Morgan fingerprint density at radius 2 is 1.89 bits per heavy atom. The van der Waals surface area contributed by atoms with Gasteiger partial charge in [0.1, 0.15) is 6.61 Å². The third kappa shape index (κ3) is 5.34. The van der Waals surface area contributed by atoms with Crippen LogP contribution in [0.3, 0.4) is 0 Å². The summed E-state index contributed by atoms with van der Waals surface area (Å²) in [6.45, 7) is 0.0588. The maximum absolute atomic E-state index is 14.0. The number of fused-ring (bicyclic) bond motifs is 1. The van der Waals surface area contributed by atoms with Crippen molar-refractivity contribution in [3.8, 4) is 0 Å². The standard InChI is InChI=1S/C28H28Cl2N2O5S/c29-17-9-10-21(22(30)12-17)26-25(27(35)31-37-14-18-11-16(13-33)15-38-18)19-5-1-2-6-20(19)28(36)32(26)23-7-3-4-8-24(23)34/h1-2,5-6,9-12,15,23-26,33-34H,3-4,7-8,13-14H2,(H,31,35)/t23-,24-,25+,26-/m0/s1. The molecule has 3 aromatic rings. The number of thiophene rings is 1. The van der Waals surface area contributed by atoms with Gasteiger partial charge in [0.15, 0.2) is 0 Å². The van der Waals surface area contributed by atoms with E-state index in [0.29, 0.717) is 39.6 Å². The first kappa shape index (κ1) is 27.1. The van der Waals surface area contributed by atoms with E-state index in [-0.39, 0.29) is 19.1 Å². The van der Waals surface area contributed by atoms with Gasteiger partial charge in [0, 0.05) is 20.5 Å².